The Balaban J connectivity index is 1.43. The van der Waals surface area contributed by atoms with Crippen LogP contribution in [0, 0.1) is 0 Å². The monoisotopic (exact) mass is 398 g/mol. The number of amides is 1. The molecule has 8 heteroatoms. The summed E-state index contributed by atoms with van der Waals surface area (Å²) in [5.74, 6) is 1.88. The van der Waals surface area contributed by atoms with Crippen LogP contribution in [0.4, 0.5) is 0 Å². The van der Waals surface area contributed by atoms with E-state index < -0.39 is 0 Å². The molecule has 0 spiro atoms. The molecule has 0 bridgehead atoms. The molecule has 1 aliphatic heterocycles. The Bertz CT molecular complexity index is 983. The number of piperidine rings is 1. The van der Waals surface area contributed by atoms with Gasteiger partial charge in [-0.15, -0.1) is 0 Å². The maximum absolute atomic E-state index is 12.6. The SMILES string of the molecule is COc1ccccc1-c1nc(C2CCN(C(=O)c3cncc(Cl)c3)CC2)no1. The summed E-state index contributed by atoms with van der Waals surface area (Å²) in [6, 6.07) is 9.17. The number of pyridine rings is 1. The maximum Gasteiger partial charge on any atom is 0.261 e. The number of carbonyl (C=O) groups excluding carboxylic acids is 1. The van der Waals surface area contributed by atoms with Crippen molar-refractivity contribution in [3.8, 4) is 17.2 Å². The fraction of sp³-hybridized carbons (Fsp3) is 0.300. The summed E-state index contributed by atoms with van der Waals surface area (Å²) in [4.78, 5) is 23.0. The van der Waals surface area contributed by atoms with Gasteiger partial charge in [0.15, 0.2) is 5.82 Å². The summed E-state index contributed by atoms with van der Waals surface area (Å²) in [6.07, 6.45) is 4.59. The van der Waals surface area contributed by atoms with Crippen LogP contribution in [0.5, 0.6) is 5.75 Å². The van der Waals surface area contributed by atoms with E-state index in [1.54, 1.807) is 19.4 Å². The number of hydrogen-bond acceptors (Lipinski definition) is 6. The molecule has 144 valence electrons. The lowest BCUT2D eigenvalue weighted by molar-refractivity contribution is 0.0710. The van der Waals surface area contributed by atoms with Crippen molar-refractivity contribution in [1.82, 2.24) is 20.0 Å². The molecule has 28 heavy (non-hydrogen) atoms. The average Bonchev–Trinajstić information content (AvgIpc) is 3.23. The number of aromatic nitrogens is 3. The fourth-order valence-electron chi connectivity index (χ4n) is 3.38. The van der Waals surface area contributed by atoms with Crippen molar-refractivity contribution in [3.63, 3.8) is 0 Å². The Labute approximate surface area is 167 Å². The van der Waals surface area contributed by atoms with E-state index in [9.17, 15) is 4.79 Å². The Morgan fingerprint density at radius 1 is 1.25 bits per heavy atom. The van der Waals surface area contributed by atoms with E-state index in [4.69, 9.17) is 20.9 Å². The second-order valence-electron chi connectivity index (χ2n) is 6.62. The van der Waals surface area contributed by atoms with Gasteiger partial charge in [-0.25, -0.2) is 0 Å². The predicted molar refractivity (Wildman–Crippen MR) is 103 cm³/mol. The van der Waals surface area contributed by atoms with Crippen LogP contribution in [0.3, 0.4) is 0 Å². The van der Waals surface area contributed by atoms with Gasteiger partial charge in [-0.3, -0.25) is 9.78 Å². The van der Waals surface area contributed by atoms with Gasteiger partial charge in [0.1, 0.15) is 5.75 Å². The number of rotatable bonds is 4. The summed E-state index contributed by atoms with van der Waals surface area (Å²) in [5.41, 5.74) is 1.27. The van der Waals surface area contributed by atoms with Gasteiger partial charge in [0.2, 0.25) is 0 Å². The molecule has 0 radical (unpaired) electrons. The summed E-state index contributed by atoms with van der Waals surface area (Å²) in [5, 5.41) is 4.61. The quantitative estimate of drug-likeness (QED) is 0.664. The lowest BCUT2D eigenvalue weighted by Crippen LogP contribution is -2.38. The van der Waals surface area contributed by atoms with Crippen LogP contribution in [0.1, 0.15) is 34.9 Å². The number of ether oxygens (including phenoxy) is 1. The van der Waals surface area contributed by atoms with Crippen LogP contribution in [0.25, 0.3) is 11.5 Å². The van der Waals surface area contributed by atoms with Crippen LogP contribution in [-0.4, -0.2) is 46.1 Å². The standard InChI is InChI=1S/C20H19ClN4O3/c1-27-17-5-3-2-4-16(17)19-23-18(24-28-19)13-6-8-25(9-7-13)20(26)14-10-15(21)12-22-11-14/h2-5,10-13H,6-9H2,1H3. The molecule has 0 atom stereocenters. The molecule has 1 amide bonds. The lowest BCUT2D eigenvalue weighted by Gasteiger charge is -2.30. The van der Waals surface area contributed by atoms with Crippen molar-refractivity contribution < 1.29 is 14.1 Å². The molecule has 1 aliphatic rings. The topological polar surface area (TPSA) is 81.4 Å². The number of hydrogen-bond donors (Lipinski definition) is 0. The van der Waals surface area contributed by atoms with E-state index in [2.05, 4.69) is 15.1 Å². The first kappa shape index (κ1) is 18.4. The van der Waals surface area contributed by atoms with Gasteiger partial charge in [0, 0.05) is 31.4 Å². The van der Waals surface area contributed by atoms with E-state index in [-0.39, 0.29) is 11.8 Å². The van der Waals surface area contributed by atoms with Crippen molar-refractivity contribution in [2.45, 2.75) is 18.8 Å². The zero-order valence-corrected chi connectivity index (χ0v) is 16.1. The summed E-state index contributed by atoms with van der Waals surface area (Å²) >= 11 is 5.94. The third-order valence-corrected chi connectivity index (χ3v) is 5.08. The summed E-state index contributed by atoms with van der Waals surface area (Å²) in [6.45, 7) is 1.24. The molecule has 2 aromatic heterocycles. The highest BCUT2D eigenvalue weighted by atomic mass is 35.5. The molecule has 0 aliphatic carbocycles. The second-order valence-corrected chi connectivity index (χ2v) is 7.05. The summed E-state index contributed by atoms with van der Waals surface area (Å²) in [7, 11) is 1.61. The number of nitrogens with zero attached hydrogens (tertiary/aromatic N) is 4. The first-order chi connectivity index (χ1) is 13.7. The first-order valence-electron chi connectivity index (χ1n) is 9.02. The van der Waals surface area contributed by atoms with Gasteiger partial charge >= 0.3 is 0 Å². The molecular formula is C20H19ClN4O3. The van der Waals surface area contributed by atoms with E-state index in [0.717, 1.165) is 18.4 Å². The number of methoxy groups -OCH3 is 1. The van der Waals surface area contributed by atoms with Crippen molar-refractivity contribution >= 4 is 17.5 Å². The van der Waals surface area contributed by atoms with Crippen LogP contribution < -0.4 is 4.74 Å². The largest absolute Gasteiger partial charge is 0.496 e. The molecule has 0 saturated carbocycles. The number of halogens is 1. The molecule has 7 nitrogen and oxygen atoms in total. The Hall–Kier alpha value is -2.93. The molecule has 1 saturated heterocycles. The smallest absolute Gasteiger partial charge is 0.261 e. The number of para-hydroxylation sites is 1. The predicted octanol–water partition coefficient (Wildman–Crippen LogP) is 3.81. The first-order valence-corrected chi connectivity index (χ1v) is 9.40. The number of carbonyl (C=O) groups is 1. The molecule has 1 fully saturated rings. The Morgan fingerprint density at radius 2 is 2.04 bits per heavy atom. The van der Waals surface area contributed by atoms with Crippen LogP contribution >= 0.6 is 11.6 Å². The average molecular weight is 399 g/mol. The Morgan fingerprint density at radius 3 is 2.79 bits per heavy atom. The zero-order chi connectivity index (χ0) is 19.5. The van der Waals surface area contributed by atoms with Gasteiger partial charge in [-0.2, -0.15) is 4.98 Å². The Kier molecular flexibility index (Phi) is 5.25. The molecule has 3 heterocycles. The molecule has 3 aromatic rings. The molecule has 0 N–H and O–H groups in total. The third-order valence-electron chi connectivity index (χ3n) is 4.88. The van der Waals surface area contributed by atoms with Crippen molar-refractivity contribution in [3.05, 3.63) is 59.1 Å². The van der Waals surface area contributed by atoms with E-state index in [0.29, 0.717) is 41.1 Å². The van der Waals surface area contributed by atoms with Crippen molar-refractivity contribution in [1.29, 1.82) is 0 Å². The minimum Gasteiger partial charge on any atom is -0.496 e. The second kappa shape index (κ2) is 7.98. The van der Waals surface area contributed by atoms with Gasteiger partial charge in [-0.05, 0) is 31.0 Å². The normalized spacial score (nSPS) is 14.9. The highest BCUT2D eigenvalue weighted by molar-refractivity contribution is 6.30. The third kappa shape index (κ3) is 3.71. The highest BCUT2D eigenvalue weighted by Gasteiger charge is 2.28. The van der Waals surface area contributed by atoms with Gasteiger partial charge in [0.05, 0.1) is 23.3 Å². The van der Waals surface area contributed by atoms with Crippen molar-refractivity contribution in [2.75, 3.05) is 20.2 Å². The lowest BCUT2D eigenvalue weighted by atomic mass is 9.95. The van der Waals surface area contributed by atoms with Crippen LogP contribution in [0.15, 0.2) is 47.2 Å². The maximum atomic E-state index is 12.6. The molecular weight excluding hydrogens is 380 g/mol. The number of benzene rings is 1. The molecule has 0 unspecified atom stereocenters. The van der Waals surface area contributed by atoms with Crippen LogP contribution in [-0.2, 0) is 0 Å². The zero-order valence-electron chi connectivity index (χ0n) is 15.3. The summed E-state index contributed by atoms with van der Waals surface area (Å²) < 4.78 is 10.8. The number of likely N-dealkylation sites (tertiary alicyclic amines) is 1. The van der Waals surface area contributed by atoms with Gasteiger partial charge in [0.25, 0.3) is 11.8 Å². The molecule has 4 rings (SSSR count). The van der Waals surface area contributed by atoms with Crippen LogP contribution in [0.2, 0.25) is 5.02 Å². The van der Waals surface area contributed by atoms with E-state index in [1.165, 1.54) is 6.20 Å². The van der Waals surface area contributed by atoms with Gasteiger partial charge in [-0.1, -0.05) is 28.9 Å². The fourth-order valence-corrected chi connectivity index (χ4v) is 3.56. The highest BCUT2D eigenvalue weighted by Crippen LogP contribution is 2.32. The minimum atomic E-state index is -0.0590. The van der Waals surface area contributed by atoms with E-state index in [1.807, 2.05) is 29.2 Å². The van der Waals surface area contributed by atoms with Gasteiger partial charge < -0.3 is 14.2 Å². The minimum absolute atomic E-state index is 0.0590. The van der Waals surface area contributed by atoms with Crippen molar-refractivity contribution in [2.24, 2.45) is 0 Å². The molecule has 1 aromatic carbocycles. The van der Waals surface area contributed by atoms with E-state index >= 15 is 0 Å².